The summed E-state index contributed by atoms with van der Waals surface area (Å²) >= 11 is 0. The van der Waals surface area contributed by atoms with E-state index in [1.165, 1.54) is 0 Å². The molecule has 84 valence electrons. The van der Waals surface area contributed by atoms with E-state index >= 15 is 0 Å². The van der Waals surface area contributed by atoms with Crippen LogP contribution in [0.2, 0.25) is 0 Å². The molecule has 1 aromatic heterocycles. The van der Waals surface area contributed by atoms with E-state index in [4.69, 9.17) is 0 Å². The molecule has 0 spiro atoms. The average Bonchev–Trinajstić information content (AvgIpc) is 2.64. The van der Waals surface area contributed by atoms with Crippen molar-refractivity contribution < 1.29 is 4.79 Å². The Morgan fingerprint density at radius 1 is 1.47 bits per heavy atom. The van der Waals surface area contributed by atoms with E-state index in [-0.39, 0.29) is 5.78 Å². The normalized spacial score (nSPS) is 10.9. The summed E-state index contributed by atoms with van der Waals surface area (Å²) in [6.07, 6.45) is 3.64. The molecule has 0 amide bonds. The van der Waals surface area contributed by atoms with E-state index in [0.717, 1.165) is 25.2 Å². The fourth-order valence-corrected chi connectivity index (χ4v) is 1.60. The van der Waals surface area contributed by atoms with Gasteiger partial charge in [-0.1, -0.05) is 6.92 Å². The van der Waals surface area contributed by atoms with E-state index in [1.54, 1.807) is 0 Å². The Bertz CT molecular complexity index is 315. The molecule has 0 aliphatic heterocycles. The predicted molar refractivity (Wildman–Crippen MR) is 62.2 cm³/mol. The molecular formula is C12H20N2O. The third-order valence-corrected chi connectivity index (χ3v) is 2.44. The van der Waals surface area contributed by atoms with Crippen molar-refractivity contribution >= 4 is 5.78 Å². The Balaban J connectivity index is 2.54. The first kappa shape index (κ1) is 12.0. The lowest BCUT2D eigenvalue weighted by Gasteiger charge is -2.11. The summed E-state index contributed by atoms with van der Waals surface area (Å²) < 4.78 is 2.05. The van der Waals surface area contributed by atoms with Crippen LogP contribution >= 0.6 is 0 Å². The van der Waals surface area contributed by atoms with Crippen LogP contribution in [0.15, 0.2) is 18.3 Å². The zero-order chi connectivity index (χ0) is 11.3. The second kappa shape index (κ2) is 5.71. The molecule has 15 heavy (non-hydrogen) atoms. The van der Waals surface area contributed by atoms with Crippen LogP contribution in [0, 0.1) is 0 Å². The van der Waals surface area contributed by atoms with Crippen LogP contribution in [0.3, 0.4) is 0 Å². The zero-order valence-corrected chi connectivity index (χ0v) is 9.86. The Morgan fingerprint density at radius 3 is 2.80 bits per heavy atom. The molecule has 0 unspecified atom stereocenters. The first-order valence-electron chi connectivity index (χ1n) is 5.48. The van der Waals surface area contributed by atoms with Gasteiger partial charge in [-0.2, -0.15) is 0 Å². The Morgan fingerprint density at radius 2 is 2.20 bits per heavy atom. The topological polar surface area (TPSA) is 25.2 Å². The molecule has 3 nitrogen and oxygen atoms in total. The Hall–Kier alpha value is -1.09. The molecule has 0 bridgehead atoms. The van der Waals surface area contributed by atoms with Crippen molar-refractivity contribution in [3.8, 4) is 0 Å². The van der Waals surface area contributed by atoms with Gasteiger partial charge >= 0.3 is 0 Å². The zero-order valence-electron chi connectivity index (χ0n) is 9.86. The average molecular weight is 208 g/mol. The molecule has 0 saturated heterocycles. The number of ketones is 1. The van der Waals surface area contributed by atoms with Gasteiger partial charge in [-0.05, 0) is 39.2 Å². The third kappa shape index (κ3) is 3.51. The fraction of sp³-hybridized carbons (Fsp3) is 0.583. The molecule has 0 N–H and O–H groups in total. The smallest absolute Gasteiger partial charge is 0.178 e. The van der Waals surface area contributed by atoms with Gasteiger partial charge in [0.05, 0.1) is 5.69 Å². The first-order chi connectivity index (χ1) is 7.15. The second-order valence-corrected chi connectivity index (χ2v) is 4.02. The minimum absolute atomic E-state index is 0.227. The fourth-order valence-electron chi connectivity index (χ4n) is 1.60. The van der Waals surface area contributed by atoms with Crippen molar-refractivity contribution in [3.05, 3.63) is 24.0 Å². The van der Waals surface area contributed by atoms with E-state index in [0.29, 0.717) is 6.42 Å². The van der Waals surface area contributed by atoms with Crippen LogP contribution < -0.4 is 0 Å². The number of aromatic nitrogens is 1. The number of carbonyl (C=O) groups excluding carboxylic acids is 1. The number of hydrogen-bond acceptors (Lipinski definition) is 2. The lowest BCUT2D eigenvalue weighted by molar-refractivity contribution is 0.0979. The summed E-state index contributed by atoms with van der Waals surface area (Å²) in [7, 11) is 4.13. The highest BCUT2D eigenvalue weighted by Crippen LogP contribution is 2.06. The molecule has 0 aromatic carbocycles. The highest BCUT2D eigenvalue weighted by atomic mass is 16.1. The summed E-state index contributed by atoms with van der Waals surface area (Å²) in [5, 5.41) is 0. The molecule has 0 saturated carbocycles. The van der Waals surface area contributed by atoms with Crippen LogP contribution in [0.5, 0.6) is 0 Å². The van der Waals surface area contributed by atoms with Gasteiger partial charge in [0.25, 0.3) is 0 Å². The van der Waals surface area contributed by atoms with Gasteiger partial charge in [-0.25, -0.2) is 0 Å². The van der Waals surface area contributed by atoms with Crippen molar-refractivity contribution in [2.75, 3.05) is 20.6 Å². The van der Waals surface area contributed by atoms with Gasteiger partial charge in [0.2, 0.25) is 0 Å². The highest BCUT2D eigenvalue weighted by molar-refractivity contribution is 5.94. The molecule has 0 atom stereocenters. The molecular weight excluding hydrogens is 188 g/mol. The predicted octanol–water partition coefficient (Wildman–Crippen LogP) is 2.03. The molecule has 0 radical (unpaired) electrons. The van der Waals surface area contributed by atoms with Gasteiger partial charge in [0.15, 0.2) is 5.78 Å². The largest absolute Gasteiger partial charge is 0.345 e. The van der Waals surface area contributed by atoms with Crippen molar-refractivity contribution in [1.82, 2.24) is 9.47 Å². The number of rotatable bonds is 6. The summed E-state index contributed by atoms with van der Waals surface area (Å²) in [6, 6.07) is 3.85. The number of hydrogen-bond donors (Lipinski definition) is 0. The first-order valence-corrected chi connectivity index (χ1v) is 5.48. The quantitative estimate of drug-likeness (QED) is 0.668. The maximum absolute atomic E-state index is 11.6. The van der Waals surface area contributed by atoms with Crippen LogP contribution in [-0.2, 0) is 6.54 Å². The Labute approximate surface area is 91.7 Å². The lowest BCUT2D eigenvalue weighted by atomic mass is 10.2. The standard InChI is InChI=1S/C12H20N2O/c1-4-12(15)11-7-5-9-14(11)10-6-8-13(2)3/h5,7,9H,4,6,8,10H2,1-3H3. The minimum Gasteiger partial charge on any atom is -0.345 e. The monoisotopic (exact) mass is 208 g/mol. The summed E-state index contributed by atoms with van der Waals surface area (Å²) in [4.78, 5) is 13.7. The van der Waals surface area contributed by atoms with E-state index in [2.05, 4.69) is 23.6 Å². The molecule has 3 heteroatoms. The maximum Gasteiger partial charge on any atom is 0.178 e. The van der Waals surface area contributed by atoms with Crippen molar-refractivity contribution in [1.29, 1.82) is 0 Å². The Kier molecular flexibility index (Phi) is 4.56. The van der Waals surface area contributed by atoms with Crippen LogP contribution in [0.4, 0.5) is 0 Å². The molecule has 1 heterocycles. The summed E-state index contributed by atoms with van der Waals surface area (Å²) in [5.41, 5.74) is 0.844. The third-order valence-electron chi connectivity index (χ3n) is 2.44. The molecule has 1 rings (SSSR count). The molecule has 1 aromatic rings. The van der Waals surface area contributed by atoms with Crippen molar-refractivity contribution in [2.24, 2.45) is 0 Å². The molecule has 0 fully saturated rings. The number of carbonyl (C=O) groups is 1. The van der Waals surface area contributed by atoms with E-state index < -0.39 is 0 Å². The van der Waals surface area contributed by atoms with Gasteiger partial charge in [0.1, 0.15) is 0 Å². The van der Waals surface area contributed by atoms with Crippen molar-refractivity contribution in [2.45, 2.75) is 26.3 Å². The molecule has 0 aliphatic rings. The number of nitrogens with zero attached hydrogens (tertiary/aromatic N) is 2. The van der Waals surface area contributed by atoms with Gasteiger partial charge < -0.3 is 9.47 Å². The number of Topliss-reactive ketones (excluding diaryl/α,β-unsaturated/α-hetero) is 1. The summed E-state index contributed by atoms with van der Waals surface area (Å²) in [6.45, 7) is 3.88. The highest BCUT2D eigenvalue weighted by Gasteiger charge is 2.07. The van der Waals surface area contributed by atoms with Crippen molar-refractivity contribution in [3.63, 3.8) is 0 Å². The number of aryl methyl sites for hydroxylation is 1. The van der Waals surface area contributed by atoms with Crippen LogP contribution in [0.25, 0.3) is 0 Å². The SMILES string of the molecule is CCC(=O)c1cccn1CCCN(C)C. The van der Waals surface area contributed by atoms with Crippen LogP contribution in [0.1, 0.15) is 30.3 Å². The molecule has 0 aliphatic carbocycles. The lowest BCUT2D eigenvalue weighted by Crippen LogP contribution is -2.16. The maximum atomic E-state index is 11.6. The summed E-state index contributed by atoms with van der Waals surface area (Å²) in [5.74, 6) is 0.227. The van der Waals surface area contributed by atoms with E-state index in [1.807, 2.05) is 25.3 Å². The van der Waals surface area contributed by atoms with Gasteiger partial charge in [-0.15, -0.1) is 0 Å². The van der Waals surface area contributed by atoms with Crippen LogP contribution in [-0.4, -0.2) is 35.9 Å². The van der Waals surface area contributed by atoms with Gasteiger partial charge in [0, 0.05) is 19.2 Å². The second-order valence-electron chi connectivity index (χ2n) is 4.02. The van der Waals surface area contributed by atoms with E-state index in [9.17, 15) is 4.79 Å². The minimum atomic E-state index is 0.227. The van der Waals surface area contributed by atoms with Gasteiger partial charge in [-0.3, -0.25) is 4.79 Å².